The molecule has 0 atom stereocenters. The number of hydrogen-bond acceptors (Lipinski definition) is 6. The molecule has 2 aromatic carbocycles. The van der Waals surface area contributed by atoms with Crippen LogP contribution in [0.3, 0.4) is 0 Å². The van der Waals surface area contributed by atoms with Crippen LogP contribution in [0.1, 0.15) is 51.7 Å². The minimum absolute atomic E-state index is 0.0821. The minimum Gasteiger partial charge on any atom is -0.260 e. The second kappa shape index (κ2) is 8.78. The van der Waals surface area contributed by atoms with Crippen molar-refractivity contribution in [2.75, 3.05) is 0 Å². The van der Waals surface area contributed by atoms with Gasteiger partial charge in [0, 0.05) is 0 Å². The summed E-state index contributed by atoms with van der Waals surface area (Å²) in [5.41, 5.74) is -0.195. The third-order valence-electron chi connectivity index (χ3n) is 4.62. The van der Waals surface area contributed by atoms with Crippen LogP contribution in [0, 0.1) is 13.8 Å². The molecular formula is C22H30O6S2. The Balaban J connectivity index is 2.06. The average molecular weight is 455 g/mol. The van der Waals surface area contributed by atoms with Gasteiger partial charge in [0.2, 0.25) is 0 Å². The van der Waals surface area contributed by atoms with E-state index in [-0.39, 0.29) is 22.6 Å². The average Bonchev–Trinajstić information content (AvgIpc) is 2.59. The van der Waals surface area contributed by atoms with Crippen LogP contribution < -0.4 is 0 Å². The van der Waals surface area contributed by atoms with Crippen LogP contribution in [-0.2, 0) is 28.6 Å². The van der Waals surface area contributed by atoms with Crippen molar-refractivity contribution in [2.24, 2.45) is 0 Å². The molecule has 6 nitrogen and oxygen atoms in total. The van der Waals surface area contributed by atoms with Crippen molar-refractivity contribution < 1.29 is 25.2 Å². The van der Waals surface area contributed by atoms with E-state index in [9.17, 15) is 16.8 Å². The second-order valence-electron chi connectivity index (χ2n) is 8.72. The summed E-state index contributed by atoms with van der Waals surface area (Å²) in [7, 11) is -7.89. The van der Waals surface area contributed by atoms with Crippen LogP contribution in [0.5, 0.6) is 0 Å². The van der Waals surface area contributed by atoms with Gasteiger partial charge in [-0.1, -0.05) is 35.4 Å². The largest absolute Gasteiger partial charge is 0.297 e. The third kappa shape index (κ3) is 6.91. The van der Waals surface area contributed by atoms with Gasteiger partial charge in [0.1, 0.15) is 0 Å². The normalized spacial score (nSPS) is 13.4. The zero-order chi connectivity index (χ0) is 22.8. The van der Waals surface area contributed by atoms with Crippen molar-refractivity contribution in [3.05, 3.63) is 59.7 Å². The van der Waals surface area contributed by atoms with E-state index in [2.05, 4.69) is 0 Å². The molecule has 0 bridgehead atoms. The van der Waals surface area contributed by atoms with Crippen LogP contribution in [0.2, 0.25) is 0 Å². The molecule has 0 amide bonds. The van der Waals surface area contributed by atoms with E-state index >= 15 is 0 Å². The molecule has 0 N–H and O–H groups in total. The van der Waals surface area contributed by atoms with Gasteiger partial charge in [-0.15, -0.1) is 0 Å². The lowest BCUT2D eigenvalue weighted by molar-refractivity contribution is 0.0524. The molecule has 0 aliphatic carbocycles. The summed E-state index contributed by atoms with van der Waals surface area (Å²) in [6.07, 6.45) is 0.545. The van der Waals surface area contributed by atoms with Crippen LogP contribution in [0.4, 0.5) is 0 Å². The first-order valence-corrected chi connectivity index (χ1v) is 12.5. The zero-order valence-corrected chi connectivity index (χ0v) is 19.9. The van der Waals surface area contributed by atoms with E-state index < -0.39 is 31.4 Å². The van der Waals surface area contributed by atoms with E-state index in [1.165, 1.54) is 24.3 Å². The Morgan fingerprint density at radius 1 is 0.600 bits per heavy atom. The van der Waals surface area contributed by atoms with Crippen molar-refractivity contribution in [3.8, 4) is 0 Å². The van der Waals surface area contributed by atoms with E-state index in [1.807, 2.05) is 13.8 Å². The summed E-state index contributed by atoms with van der Waals surface area (Å²) in [5.74, 6) is 0. The van der Waals surface area contributed by atoms with E-state index in [4.69, 9.17) is 8.37 Å². The topological polar surface area (TPSA) is 86.7 Å². The molecule has 0 saturated carbocycles. The number of benzene rings is 2. The lowest BCUT2D eigenvalue weighted by atomic mass is 9.94. The first-order chi connectivity index (χ1) is 13.6. The highest BCUT2D eigenvalue weighted by molar-refractivity contribution is 7.87. The molecule has 2 rings (SSSR count). The summed E-state index contributed by atoms with van der Waals surface area (Å²) in [4.78, 5) is 0.164. The maximum Gasteiger partial charge on any atom is 0.297 e. The van der Waals surface area contributed by atoms with E-state index in [0.717, 1.165) is 11.1 Å². The second-order valence-corrected chi connectivity index (χ2v) is 11.8. The summed E-state index contributed by atoms with van der Waals surface area (Å²) in [5, 5.41) is 0. The Morgan fingerprint density at radius 2 is 0.867 bits per heavy atom. The molecule has 0 radical (unpaired) electrons. The Morgan fingerprint density at radius 3 is 1.13 bits per heavy atom. The quantitative estimate of drug-likeness (QED) is 0.508. The fraction of sp³-hybridized carbons (Fsp3) is 0.455. The SMILES string of the molecule is Cc1ccc(S(=O)(=O)OC(C)(C)CCC(C)(C)OS(=O)(=O)c2ccc(C)cc2)cc1. The van der Waals surface area contributed by atoms with Crippen LogP contribution in [0.15, 0.2) is 58.3 Å². The van der Waals surface area contributed by atoms with Crippen molar-refractivity contribution in [1.29, 1.82) is 0 Å². The lowest BCUT2D eigenvalue weighted by Crippen LogP contribution is -2.34. The minimum atomic E-state index is -3.94. The first kappa shape index (κ1) is 24.5. The van der Waals surface area contributed by atoms with Gasteiger partial charge in [-0.2, -0.15) is 16.8 Å². The molecule has 0 saturated heterocycles. The molecule has 0 aliphatic rings. The van der Waals surface area contributed by atoms with Gasteiger partial charge >= 0.3 is 0 Å². The molecule has 0 aromatic heterocycles. The van der Waals surface area contributed by atoms with E-state index in [1.54, 1.807) is 52.0 Å². The summed E-state index contributed by atoms with van der Waals surface area (Å²) < 4.78 is 61.2. The molecule has 0 spiro atoms. The van der Waals surface area contributed by atoms with Crippen molar-refractivity contribution in [3.63, 3.8) is 0 Å². The predicted octanol–water partition coefficient (Wildman–Crippen LogP) is 4.75. The Bertz CT molecular complexity index is 976. The monoisotopic (exact) mass is 454 g/mol. The van der Waals surface area contributed by atoms with Crippen molar-refractivity contribution in [1.82, 2.24) is 0 Å². The molecule has 2 aromatic rings. The maximum atomic E-state index is 12.6. The van der Waals surface area contributed by atoms with Gasteiger partial charge in [-0.05, 0) is 78.6 Å². The van der Waals surface area contributed by atoms with Crippen molar-refractivity contribution >= 4 is 20.2 Å². The molecular weight excluding hydrogens is 424 g/mol. The number of hydrogen-bond donors (Lipinski definition) is 0. The molecule has 8 heteroatoms. The number of aryl methyl sites for hydroxylation is 2. The van der Waals surface area contributed by atoms with Crippen LogP contribution in [0.25, 0.3) is 0 Å². The predicted molar refractivity (Wildman–Crippen MR) is 116 cm³/mol. The highest BCUT2D eigenvalue weighted by atomic mass is 32.2. The summed E-state index contributed by atoms with van der Waals surface area (Å²) in [6, 6.07) is 12.8. The fourth-order valence-electron chi connectivity index (χ4n) is 2.79. The van der Waals surface area contributed by atoms with Gasteiger partial charge in [-0.25, -0.2) is 0 Å². The molecule has 30 heavy (non-hydrogen) atoms. The van der Waals surface area contributed by atoms with Gasteiger partial charge in [-0.3, -0.25) is 8.37 Å². The number of rotatable bonds is 9. The van der Waals surface area contributed by atoms with E-state index in [0.29, 0.717) is 0 Å². The summed E-state index contributed by atoms with van der Waals surface area (Å²) >= 11 is 0. The van der Waals surface area contributed by atoms with Gasteiger partial charge in [0.15, 0.2) is 0 Å². The summed E-state index contributed by atoms with van der Waals surface area (Å²) in [6.45, 7) is 10.4. The maximum absolute atomic E-state index is 12.6. The van der Waals surface area contributed by atoms with Crippen molar-refractivity contribution in [2.45, 2.75) is 75.4 Å². The standard InChI is InChI=1S/C22H30O6S2/c1-17-7-11-19(12-8-17)29(23,24)27-21(3,4)15-16-22(5,6)28-30(25,26)20-13-9-18(2)10-14-20/h7-14H,15-16H2,1-6H3. The molecule has 0 unspecified atom stereocenters. The lowest BCUT2D eigenvalue weighted by Gasteiger charge is -2.30. The van der Waals surface area contributed by atoms with Gasteiger partial charge in [0.25, 0.3) is 20.2 Å². The van der Waals surface area contributed by atoms with Gasteiger partial charge in [0.05, 0.1) is 21.0 Å². The smallest absolute Gasteiger partial charge is 0.260 e. The Hall–Kier alpha value is -1.74. The third-order valence-corrected chi connectivity index (χ3v) is 7.66. The molecule has 0 fully saturated rings. The highest BCUT2D eigenvalue weighted by Crippen LogP contribution is 2.30. The molecule has 0 heterocycles. The first-order valence-electron chi connectivity index (χ1n) is 9.67. The molecule has 0 aliphatic heterocycles. The van der Waals surface area contributed by atoms with Crippen LogP contribution >= 0.6 is 0 Å². The zero-order valence-electron chi connectivity index (χ0n) is 18.3. The Kier molecular flexibility index (Phi) is 7.18. The van der Waals surface area contributed by atoms with Crippen LogP contribution in [-0.4, -0.2) is 28.0 Å². The molecule has 166 valence electrons. The van der Waals surface area contributed by atoms with Gasteiger partial charge < -0.3 is 0 Å². The Labute approximate surface area is 180 Å². The fourth-order valence-corrected chi connectivity index (χ4v) is 5.27. The highest BCUT2D eigenvalue weighted by Gasteiger charge is 2.34.